The molecule has 1 heterocycles. The van der Waals surface area contributed by atoms with Crippen LogP contribution in [0.5, 0.6) is 0 Å². The zero-order chi connectivity index (χ0) is 46.1. The molecule has 0 aromatic heterocycles. The van der Waals surface area contributed by atoms with Crippen LogP contribution >= 0.6 is 0 Å². The Labute approximate surface area is 374 Å². The van der Waals surface area contributed by atoms with E-state index in [1.54, 1.807) is 118 Å². The average molecular weight is 875 g/mol. The van der Waals surface area contributed by atoms with Crippen molar-refractivity contribution in [2.45, 2.75) is 95.1 Å². The second kappa shape index (κ2) is 23.4. The molecule has 5 N–H and O–H groups in total. The quantitative estimate of drug-likeness (QED) is 0.0737. The van der Waals surface area contributed by atoms with Crippen LogP contribution < -0.4 is 26.6 Å². The normalized spacial score (nSPS) is 15.3. The zero-order valence-electron chi connectivity index (χ0n) is 36.7. The molecule has 64 heavy (non-hydrogen) atoms. The Hall–Kier alpha value is -7.03. The number of methoxy groups -OCH3 is 1. The van der Waals surface area contributed by atoms with Crippen molar-refractivity contribution in [3.8, 4) is 0 Å². The molecule has 0 saturated carbocycles. The first kappa shape index (κ1) is 48.0. The maximum Gasteiger partial charge on any atom is 0.408 e. The van der Waals surface area contributed by atoms with E-state index in [2.05, 4.69) is 26.6 Å². The first-order valence-electron chi connectivity index (χ1n) is 21.4. The topological polar surface area (TPSA) is 201 Å². The van der Waals surface area contributed by atoms with Gasteiger partial charge in [-0.1, -0.05) is 121 Å². The molecular weight excluding hydrogens is 817 g/mol. The van der Waals surface area contributed by atoms with Crippen molar-refractivity contribution in [2.24, 2.45) is 0 Å². The van der Waals surface area contributed by atoms with Crippen molar-refractivity contribution < 1.29 is 43.0 Å². The van der Waals surface area contributed by atoms with Gasteiger partial charge >= 0.3 is 12.1 Å². The summed E-state index contributed by atoms with van der Waals surface area (Å²) in [6.45, 7) is 5.13. The lowest BCUT2D eigenvalue weighted by Crippen LogP contribution is -2.49. The van der Waals surface area contributed by atoms with Crippen molar-refractivity contribution >= 4 is 41.6 Å². The van der Waals surface area contributed by atoms with Crippen LogP contribution in [0.15, 0.2) is 121 Å². The summed E-state index contributed by atoms with van der Waals surface area (Å²) in [4.78, 5) is 94.7. The smallest absolute Gasteiger partial charge is 0.408 e. The second-order valence-corrected chi connectivity index (χ2v) is 16.6. The van der Waals surface area contributed by atoms with E-state index in [-0.39, 0.29) is 31.6 Å². The van der Waals surface area contributed by atoms with E-state index in [0.717, 1.165) is 0 Å². The predicted molar refractivity (Wildman–Crippen MR) is 239 cm³/mol. The van der Waals surface area contributed by atoms with Crippen LogP contribution in [0.1, 0.15) is 106 Å². The summed E-state index contributed by atoms with van der Waals surface area (Å²) in [6, 6.07) is 32.2. The lowest BCUT2D eigenvalue weighted by Gasteiger charge is -2.28. The number of alkyl carbamates (subject to hydrolysis) is 1. The van der Waals surface area contributed by atoms with Gasteiger partial charge in [0.05, 0.1) is 63.5 Å². The van der Waals surface area contributed by atoms with Crippen LogP contribution in [0.2, 0.25) is 0 Å². The standard InChI is InChI=1S/C49H58N6O9/c1-49(2,3)64-48(62)54-38(34-20-11-6-12-21-34)29-43(57)51-39(35-22-13-7-14-23-35)30-45(59)55-27-17-26-41(55)47(61)50-32-44(58)53-37(33-18-9-5-10-19-33)28-42(56)52-40(31-46(60)63-4)36-24-15-8-16-25-36/h5-16,18-25,37-41H,17,26-32H2,1-4H3,(H,50,61)(H,51,57)(H,52,56)(H,53,58)(H,54,62)/t37-,38-,39-,40-,41-/m1/s1. The molecule has 338 valence electrons. The molecule has 1 fully saturated rings. The molecule has 1 saturated heterocycles. The molecule has 1 aliphatic heterocycles. The van der Waals surface area contributed by atoms with E-state index in [4.69, 9.17) is 9.47 Å². The molecule has 4 aromatic rings. The van der Waals surface area contributed by atoms with Gasteiger partial charge in [-0.05, 0) is 55.9 Å². The molecule has 15 nitrogen and oxygen atoms in total. The number of rotatable bonds is 19. The molecule has 0 radical (unpaired) electrons. The highest BCUT2D eigenvalue weighted by atomic mass is 16.6. The monoisotopic (exact) mass is 874 g/mol. The number of likely N-dealkylation sites (tertiary alicyclic amines) is 1. The fourth-order valence-corrected chi connectivity index (χ4v) is 7.49. The summed E-state index contributed by atoms with van der Waals surface area (Å²) < 4.78 is 10.3. The summed E-state index contributed by atoms with van der Waals surface area (Å²) in [7, 11) is 1.28. The van der Waals surface area contributed by atoms with E-state index in [1.165, 1.54) is 12.0 Å². The van der Waals surface area contributed by atoms with Crippen molar-refractivity contribution in [1.82, 2.24) is 31.5 Å². The average Bonchev–Trinajstić information content (AvgIpc) is 3.79. The Morgan fingerprint density at radius 2 is 0.984 bits per heavy atom. The maximum absolute atomic E-state index is 14.0. The van der Waals surface area contributed by atoms with Gasteiger partial charge in [0.2, 0.25) is 29.5 Å². The van der Waals surface area contributed by atoms with Gasteiger partial charge in [0.25, 0.3) is 0 Å². The third-order valence-electron chi connectivity index (χ3n) is 10.6. The molecular formula is C49H58N6O9. The van der Waals surface area contributed by atoms with Crippen LogP contribution in [0.25, 0.3) is 0 Å². The molecule has 6 amide bonds. The van der Waals surface area contributed by atoms with Gasteiger partial charge in [0.1, 0.15) is 11.6 Å². The van der Waals surface area contributed by atoms with Crippen LogP contribution in [-0.4, -0.2) is 78.3 Å². The number of benzene rings is 4. The molecule has 0 bridgehead atoms. The van der Waals surface area contributed by atoms with E-state index < -0.39 is 78.0 Å². The van der Waals surface area contributed by atoms with Crippen molar-refractivity contribution in [3.05, 3.63) is 144 Å². The number of carbonyl (C=O) groups excluding carboxylic acids is 7. The minimum atomic E-state index is -0.853. The first-order valence-corrected chi connectivity index (χ1v) is 21.4. The summed E-state index contributed by atoms with van der Waals surface area (Å²) in [5, 5.41) is 14.2. The molecule has 0 aliphatic carbocycles. The molecule has 5 atom stereocenters. The molecule has 5 rings (SSSR count). The molecule has 4 aromatic carbocycles. The molecule has 1 aliphatic rings. The summed E-state index contributed by atoms with van der Waals surface area (Å²) in [5.74, 6) is -2.77. The van der Waals surface area contributed by atoms with Gasteiger partial charge < -0.3 is 41.0 Å². The fourth-order valence-electron chi connectivity index (χ4n) is 7.49. The van der Waals surface area contributed by atoms with Crippen molar-refractivity contribution in [3.63, 3.8) is 0 Å². The highest BCUT2D eigenvalue weighted by Gasteiger charge is 2.36. The minimum Gasteiger partial charge on any atom is -0.469 e. The third-order valence-corrected chi connectivity index (χ3v) is 10.6. The number of nitrogens with zero attached hydrogens (tertiary/aromatic N) is 1. The third kappa shape index (κ3) is 15.1. The lowest BCUT2D eigenvalue weighted by atomic mass is 10.0. The summed E-state index contributed by atoms with van der Waals surface area (Å²) >= 11 is 0. The number of esters is 1. The first-order chi connectivity index (χ1) is 30.7. The summed E-state index contributed by atoms with van der Waals surface area (Å²) in [5.41, 5.74) is 1.99. The van der Waals surface area contributed by atoms with Gasteiger partial charge in [-0.15, -0.1) is 0 Å². The van der Waals surface area contributed by atoms with E-state index >= 15 is 0 Å². The van der Waals surface area contributed by atoms with Gasteiger partial charge in [0, 0.05) is 6.54 Å². The van der Waals surface area contributed by atoms with Gasteiger partial charge in [-0.25, -0.2) is 4.79 Å². The molecule has 0 unspecified atom stereocenters. The Morgan fingerprint density at radius 1 is 0.578 bits per heavy atom. The van der Waals surface area contributed by atoms with E-state index in [9.17, 15) is 33.6 Å². The van der Waals surface area contributed by atoms with Gasteiger partial charge in [-0.2, -0.15) is 0 Å². The van der Waals surface area contributed by atoms with E-state index in [1.807, 2.05) is 24.3 Å². The number of carbonyl (C=O) groups is 7. The number of amides is 6. The zero-order valence-corrected chi connectivity index (χ0v) is 36.7. The second-order valence-electron chi connectivity index (χ2n) is 16.6. The van der Waals surface area contributed by atoms with Crippen molar-refractivity contribution in [1.29, 1.82) is 0 Å². The maximum atomic E-state index is 14.0. The highest BCUT2D eigenvalue weighted by molar-refractivity contribution is 5.91. The summed E-state index contributed by atoms with van der Waals surface area (Å²) in [6.07, 6.45) is -0.295. The van der Waals surface area contributed by atoms with Gasteiger partial charge in [0.15, 0.2) is 0 Å². The highest BCUT2D eigenvalue weighted by Crippen LogP contribution is 2.26. The lowest BCUT2D eigenvalue weighted by molar-refractivity contribution is -0.141. The fraction of sp³-hybridized carbons (Fsp3) is 0.367. The van der Waals surface area contributed by atoms with Crippen LogP contribution in [0.4, 0.5) is 4.79 Å². The molecule has 0 spiro atoms. The Kier molecular flexibility index (Phi) is 17.6. The Bertz CT molecular complexity index is 2190. The van der Waals surface area contributed by atoms with E-state index in [0.29, 0.717) is 41.6 Å². The Balaban J connectivity index is 1.21. The number of hydrogen-bond acceptors (Lipinski definition) is 9. The number of nitrogens with one attached hydrogen (secondary N) is 5. The number of hydrogen-bond donors (Lipinski definition) is 5. The van der Waals surface area contributed by atoms with Crippen LogP contribution in [-0.2, 0) is 38.2 Å². The largest absolute Gasteiger partial charge is 0.469 e. The van der Waals surface area contributed by atoms with Crippen LogP contribution in [0, 0.1) is 0 Å². The number of ether oxygens (including phenoxy) is 2. The Morgan fingerprint density at radius 3 is 1.42 bits per heavy atom. The SMILES string of the molecule is COC(=O)C[C@@H](NC(=O)C[C@@H](NC(=O)CNC(=O)[C@H]1CCCN1C(=O)C[C@@H](NC(=O)C[C@@H](NC(=O)OC(C)(C)C)c1ccccc1)c1ccccc1)c1ccccc1)c1ccccc1. The minimum absolute atomic E-state index is 0.0901. The predicted octanol–water partition coefficient (Wildman–Crippen LogP) is 5.67. The van der Waals surface area contributed by atoms with Crippen LogP contribution in [0.3, 0.4) is 0 Å². The molecule has 15 heteroatoms. The van der Waals surface area contributed by atoms with Gasteiger partial charge in [-0.3, -0.25) is 28.8 Å². The van der Waals surface area contributed by atoms with Crippen molar-refractivity contribution in [2.75, 3.05) is 20.2 Å².